The summed E-state index contributed by atoms with van der Waals surface area (Å²) in [6, 6.07) is 16.3. The van der Waals surface area contributed by atoms with E-state index in [1.165, 1.54) is 0 Å². The van der Waals surface area contributed by atoms with Gasteiger partial charge in [-0.2, -0.15) is 0 Å². The van der Waals surface area contributed by atoms with Gasteiger partial charge in [0.15, 0.2) is 11.5 Å². The number of benzene rings is 3. The van der Waals surface area contributed by atoms with Crippen LogP contribution in [0.2, 0.25) is 5.15 Å². The number of ether oxygens (including phenoxy) is 2. The molecule has 3 heterocycles. The number of rotatable bonds is 0. The van der Waals surface area contributed by atoms with E-state index < -0.39 is 0 Å². The topological polar surface area (TPSA) is 47.1 Å². The summed E-state index contributed by atoms with van der Waals surface area (Å²) in [6.45, 7) is 0.247. The quantitative estimate of drug-likeness (QED) is 0.301. The molecular weight excluding hydrogens is 336 g/mol. The van der Waals surface area contributed by atoms with Crippen LogP contribution in [0, 0.1) is 0 Å². The van der Waals surface area contributed by atoms with Gasteiger partial charge >= 0.3 is 0 Å². The van der Waals surface area contributed by atoms with Gasteiger partial charge < -0.3 is 14.5 Å². The van der Waals surface area contributed by atoms with E-state index in [-0.39, 0.29) is 6.79 Å². The minimum Gasteiger partial charge on any atom is -0.454 e. The number of nitrogens with one attached hydrogen (secondary N) is 1. The summed E-state index contributed by atoms with van der Waals surface area (Å²) in [5.74, 6) is 1.49. The number of fused-ring (bicyclic) bond motifs is 7. The Morgan fingerprint density at radius 1 is 0.800 bits per heavy atom. The molecule has 120 valence electrons. The van der Waals surface area contributed by atoms with E-state index >= 15 is 0 Å². The normalized spacial score (nSPS) is 13.5. The second kappa shape index (κ2) is 4.55. The van der Waals surface area contributed by atoms with Gasteiger partial charge in [-0.05, 0) is 29.7 Å². The Hall–Kier alpha value is -2.98. The molecule has 2 aromatic heterocycles. The second-order valence-corrected chi connectivity index (χ2v) is 6.61. The molecule has 3 aromatic carbocycles. The Labute approximate surface area is 146 Å². The molecule has 0 aliphatic carbocycles. The molecule has 0 saturated heterocycles. The van der Waals surface area contributed by atoms with E-state index in [1.54, 1.807) is 0 Å². The van der Waals surface area contributed by atoms with Gasteiger partial charge in [-0.1, -0.05) is 29.8 Å². The minimum absolute atomic E-state index is 0.247. The van der Waals surface area contributed by atoms with Crippen molar-refractivity contribution in [3.63, 3.8) is 0 Å². The Morgan fingerprint density at radius 2 is 1.64 bits per heavy atom. The molecule has 0 fully saturated rings. The Bertz CT molecular complexity index is 1340. The molecular formula is C20H11ClN2O2. The number of para-hydroxylation sites is 1. The molecule has 25 heavy (non-hydrogen) atoms. The van der Waals surface area contributed by atoms with Crippen LogP contribution >= 0.6 is 11.6 Å². The van der Waals surface area contributed by atoms with E-state index in [1.807, 2.05) is 30.3 Å². The molecule has 0 bridgehead atoms. The van der Waals surface area contributed by atoms with E-state index in [2.05, 4.69) is 23.2 Å². The zero-order chi connectivity index (χ0) is 16.5. The van der Waals surface area contributed by atoms with Crippen LogP contribution in [0.3, 0.4) is 0 Å². The monoisotopic (exact) mass is 346 g/mol. The zero-order valence-electron chi connectivity index (χ0n) is 13.0. The van der Waals surface area contributed by atoms with Crippen molar-refractivity contribution in [2.45, 2.75) is 0 Å². The van der Waals surface area contributed by atoms with E-state index in [0.717, 1.165) is 55.0 Å². The summed E-state index contributed by atoms with van der Waals surface area (Å²) in [6.07, 6.45) is 0. The lowest BCUT2D eigenvalue weighted by molar-refractivity contribution is 0.174. The third kappa shape index (κ3) is 1.74. The number of nitrogens with zero attached hydrogens (tertiary/aromatic N) is 1. The molecule has 6 rings (SSSR count). The number of hydrogen-bond donors (Lipinski definition) is 1. The summed E-state index contributed by atoms with van der Waals surface area (Å²) in [5.41, 5.74) is 2.88. The Morgan fingerprint density at radius 3 is 2.56 bits per heavy atom. The number of aromatic amines is 1. The van der Waals surface area contributed by atoms with Gasteiger partial charge in [0, 0.05) is 27.6 Å². The van der Waals surface area contributed by atoms with Crippen LogP contribution in [-0.2, 0) is 0 Å². The van der Waals surface area contributed by atoms with Gasteiger partial charge in [0.1, 0.15) is 5.15 Å². The van der Waals surface area contributed by atoms with E-state index in [4.69, 9.17) is 26.1 Å². The van der Waals surface area contributed by atoms with Crippen LogP contribution in [0.5, 0.6) is 11.5 Å². The lowest BCUT2D eigenvalue weighted by Gasteiger charge is -2.08. The van der Waals surface area contributed by atoms with Crippen molar-refractivity contribution in [3.05, 3.63) is 53.7 Å². The number of aromatic nitrogens is 2. The molecule has 1 N–H and O–H groups in total. The van der Waals surface area contributed by atoms with Crippen molar-refractivity contribution >= 4 is 55.1 Å². The van der Waals surface area contributed by atoms with Crippen molar-refractivity contribution in [2.24, 2.45) is 0 Å². The average molecular weight is 347 g/mol. The summed E-state index contributed by atoms with van der Waals surface area (Å²) < 4.78 is 11.0. The first kappa shape index (κ1) is 13.3. The predicted octanol–water partition coefficient (Wildman–Crippen LogP) is 5.40. The lowest BCUT2D eigenvalue weighted by Crippen LogP contribution is -1.92. The molecule has 4 nitrogen and oxygen atoms in total. The van der Waals surface area contributed by atoms with Gasteiger partial charge in [0.2, 0.25) is 6.79 Å². The third-order valence-corrected chi connectivity index (χ3v) is 5.15. The molecule has 0 spiro atoms. The maximum absolute atomic E-state index is 6.56. The first-order valence-corrected chi connectivity index (χ1v) is 8.39. The molecule has 0 unspecified atom stereocenters. The van der Waals surface area contributed by atoms with E-state index in [0.29, 0.717) is 5.15 Å². The smallest absolute Gasteiger partial charge is 0.231 e. The lowest BCUT2D eigenvalue weighted by atomic mass is 10.0. The molecule has 0 atom stereocenters. The van der Waals surface area contributed by atoms with Crippen molar-refractivity contribution in [2.75, 3.05) is 6.79 Å². The van der Waals surface area contributed by atoms with Crippen molar-refractivity contribution in [1.29, 1.82) is 0 Å². The first-order valence-electron chi connectivity index (χ1n) is 8.01. The molecule has 0 amide bonds. The first-order chi connectivity index (χ1) is 12.3. The number of hydrogen-bond acceptors (Lipinski definition) is 3. The summed E-state index contributed by atoms with van der Waals surface area (Å²) >= 11 is 6.56. The van der Waals surface area contributed by atoms with Crippen LogP contribution in [0.15, 0.2) is 48.5 Å². The summed E-state index contributed by atoms with van der Waals surface area (Å²) in [4.78, 5) is 8.04. The molecule has 1 aliphatic rings. The zero-order valence-corrected chi connectivity index (χ0v) is 13.7. The predicted molar refractivity (Wildman–Crippen MR) is 99.7 cm³/mol. The van der Waals surface area contributed by atoms with Crippen molar-refractivity contribution < 1.29 is 9.47 Å². The highest BCUT2D eigenvalue weighted by Gasteiger charge is 2.17. The third-order valence-electron chi connectivity index (χ3n) is 4.85. The largest absolute Gasteiger partial charge is 0.454 e. The van der Waals surface area contributed by atoms with Gasteiger partial charge in [0.25, 0.3) is 0 Å². The molecule has 0 radical (unpaired) electrons. The fraction of sp³-hybridized carbons (Fsp3) is 0.0500. The van der Waals surface area contributed by atoms with Crippen molar-refractivity contribution in [1.82, 2.24) is 9.97 Å². The SMILES string of the molecule is Clc1[nH]c2cc3c(cc2c2cc4nc5ccccc5c4cc12)OCO3. The fourth-order valence-corrected chi connectivity index (χ4v) is 3.94. The van der Waals surface area contributed by atoms with Gasteiger partial charge in [-0.15, -0.1) is 0 Å². The highest BCUT2D eigenvalue weighted by molar-refractivity contribution is 6.36. The van der Waals surface area contributed by atoms with Gasteiger partial charge in [-0.3, -0.25) is 0 Å². The van der Waals surface area contributed by atoms with Crippen LogP contribution < -0.4 is 9.47 Å². The highest BCUT2D eigenvalue weighted by atomic mass is 35.5. The standard InChI is InChI=1S/C20H11ClN2O2/c21-20-14-5-12-10-3-1-2-4-15(10)22-16(12)6-11(14)13-7-18-19(25-9-24-18)8-17(13)23-20/h1-8,23H,9H2. The Balaban J connectivity index is 1.82. The fourth-order valence-electron chi connectivity index (χ4n) is 3.68. The maximum Gasteiger partial charge on any atom is 0.231 e. The number of H-pyrrole nitrogens is 1. The molecule has 5 heteroatoms. The van der Waals surface area contributed by atoms with Crippen LogP contribution in [0.25, 0.3) is 43.5 Å². The van der Waals surface area contributed by atoms with Crippen LogP contribution in [-0.4, -0.2) is 16.8 Å². The minimum atomic E-state index is 0.247. The average Bonchev–Trinajstić information content (AvgIpc) is 3.22. The van der Waals surface area contributed by atoms with Gasteiger partial charge in [-0.25, -0.2) is 4.98 Å². The van der Waals surface area contributed by atoms with E-state index in [9.17, 15) is 0 Å². The second-order valence-electron chi connectivity index (χ2n) is 6.23. The number of halogens is 1. The molecule has 0 saturated carbocycles. The maximum atomic E-state index is 6.56. The summed E-state index contributed by atoms with van der Waals surface area (Å²) in [5, 5.41) is 5.91. The molecule has 1 aliphatic heterocycles. The van der Waals surface area contributed by atoms with Gasteiger partial charge in [0.05, 0.1) is 16.6 Å². The molecule has 5 aromatic rings. The Kier molecular flexibility index (Phi) is 2.43. The highest BCUT2D eigenvalue weighted by Crippen LogP contribution is 2.41. The van der Waals surface area contributed by atoms with Crippen LogP contribution in [0.1, 0.15) is 0 Å². The van der Waals surface area contributed by atoms with Crippen molar-refractivity contribution in [3.8, 4) is 11.5 Å². The number of pyridine rings is 1. The summed E-state index contributed by atoms with van der Waals surface area (Å²) in [7, 11) is 0. The van der Waals surface area contributed by atoms with Crippen LogP contribution in [0.4, 0.5) is 0 Å².